The van der Waals surface area contributed by atoms with Crippen molar-refractivity contribution in [2.45, 2.75) is 32.6 Å². The average molecular weight is 385 g/mol. The van der Waals surface area contributed by atoms with Crippen LogP contribution in [0, 0.1) is 5.92 Å². The summed E-state index contributed by atoms with van der Waals surface area (Å²) in [7, 11) is 0. The summed E-state index contributed by atoms with van der Waals surface area (Å²) in [4.78, 5) is 2.42. The van der Waals surface area contributed by atoms with Gasteiger partial charge in [0.1, 0.15) is 0 Å². The van der Waals surface area contributed by atoms with Crippen LogP contribution in [0.5, 0.6) is 11.5 Å². The minimum Gasteiger partial charge on any atom is -0.395 e. The van der Waals surface area contributed by atoms with Gasteiger partial charge in [0.05, 0.1) is 0 Å². The van der Waals surface area contributed by atoms with Crippen LogP contribution in [0.3, 0.4) is 0 Å². The summed E-state index contributed by atoms with van der Waals surface area (Å²) >= 11 is 0. The van der Waals surface area contributed by atoms with Crippen LogP contribution in [0.15, 0.2) is 18.2 Å². The number of halogens is 4. The molecule has 8 heteroatoms. The first-order valence-electron chi connectivity index (χ1n) is 7.84. The molecule has 138 valence electrons. The van der Waals surface area contributed by atoms with Crippen LogP contribution < -0.4 is 14.8 Å². The van der Waals surface area contributed by atoms with Crippen molar-refractivity contribution < 1.29 is 18.3 Å². The minimum absolute atomic E-state index is 0. The SMILES string of the molecule is CCC(C)[C@@H](c1ccc2c(c1)OC(F)(F)O2)N1CCNCC1.Cl.Cl. The first kappa shape index (κ1) is 21.2. The second kappa shape index (κ2) is 8.52. The molecule has 1 aromatic carbocycles. The molecular weight excluding hydrogens is 361 g/mol. The Kier molecular flexibility index (Phi) is 7.53. The highest BCUT2D eigenvalue weighted by atomic mass is 35.5. The van der Waals surface area contributed by atoms with Crippen molar-refractivity contribution in [2.75, 3.05) is 26.2 Å². The molecule has 1 saturated heterocycles. The molecule has 0 radical (unpaired) electrons. The van der Waals surface area contributed by atoms with Gasteiger partial charge in [-0.25, -0.2) is 0 Å². The summed E-state index contributed by atoms with van der Waals surface area (Å²) in [6, 6.07) is 5.37. The Balaban J connectivity index is 0.00000144. The maximum atomic E-state index is 13.2. The normalized spacial score (nSPS) is 21.3. The molecule has 1 fully saturated rings. The lowest BCUT2D eigenvalue weighted by molar-refractivity contribution is -0.286. The Morgan fingerprint density at radius 1 is 1.17 bits per heavy atom. The van der Waals surface area contributed by atoms with E-state index >= 15 is 0 Å². The van der Waals surface area contributed by atoms with Gasteiger partial charge in [0.15, 0.2) is 11.5 Å². The summed E-state index contributed by atoms with van der Waals surface area (Å²) in [5, 5.41) is 3.34. The zero-order valence-electron chi connectivity index (χ0n) is 13.8. The van der Waals surface area contributed by atoms with E-state index < -0.39 is 6.29 Å². The van der Waals surface area contributed by atoms with Crippen LogP contribution in [0.4, 0.5) is 8.78 Å². The molecule has 1 aromatic rings. The second-order valence-electron chi connectivity index (χ2n) is 5.99. The topological polar surface area (TPSA) is 33.7 Å². The number of benzene rings is 1. The number of rotatable bonds is 4. The highest BCUT2D eigenvalue weighted by molar-refractivity contribution is 5.85. The number of alkyl halides is 2. The third-order valence-corrected chi connectivity index (χ3v) is 4.49. The number of piperazine rings is 1. The van der Waals surface area contributed by atoms with E-state index in [1.165, 1.54) is 0 Å². The Bertz CT molecular complexity index is 543. The summed E-state index contributed by atoms with van der Waals surface area (Å²) in [6.07, 6.45) is -2.53. The van der Waals surface area contributed by atoms with Gasteiger partial charge in [0.2, 0.25) is 0 Å². The third-order valence-electron chi connectivity index (χ3n) is 4.49. The molecule has 2 aliphatic heterocycles. The fraction of sp³-hybridized carbons (Fsp3) is 0.625. The molecule has 0 amide bonds. The van der Waals surface area contributed by atoms with E-state index in [9.17, 15) is 8.78 Å². The van der Waals surface area contributed by atoms with Crippen molar-refractivity contribution in [2.24, 2.45) is 5.92 Å². The standard InChI is InChI=1S/C16H22F2N2O2.2ClH/c1-3-11(2)15(20-8-6-19-7-9-20)12-4-5-13-14(10-12)22-16(17,18)21-13;;/h4-5,10-11,15,19H,3,6-9H2,1-2H3;2*1H/t11?,15-;;/m0../s1. The van der Waals surface area contributed by atoms with Crippen molar-refractivity contribution >= 4 is 24.8 Å². The fourth-order valence-corrected chi connectivity index (χ4v) is 3.23. The molecule has 0 saturated carbocycles. The van der Waals surface area contributed by atoms with Gasteiger partial charge in [-0.05, 0) is 23.6 Å². The molecule has 0 aliphatic carbocycles. The summed E-state index contributed by atoms with van der Waals surface area (Å²) in [6.45, 7) is 8.18. The number of fused-ring (bicyclic) bond motifs is 1. The van der Waals surface area contributed by atoms with E-state index in [0.717, 1.165) is 38.2 Å². The van der Waals surface area contributed by atoms with E-state index in [4.69, 9.17) is 0 Å². The van der Waals surface area contributed by atoms with Crippen LogP contribution in [0.2, 0.25) is 0 Å². The second-order valence-corrected chi connectivity index (χ2v) is 5.99. The zero-order chi connectivity index (χ0) is 15.7. The van der Waals surface area contributed by atoms with Crippen molar-refractivity contribution in [3.05, 3.63) is 23.8 Å². The molecule has 1 unspecified atom stereocenters. The van der Waals surface area contributed by atoms with E-state index in [0.29, 0.717) is 5.92 Å². The molecule has 4 nitrogen and oxygen atoms in total. The molecular formula is C16H24Cl2F2N2O2. The van der Waals surface area contributed by atoms with Gasteiger partial charge >= 0.3 is 6.29 Å². The Morgan fingerprint density at radius 2 is 1.79 bits per heavy atom. The van der Waals surface area contributed by atoms with Gasteiger partial charge in [0, 0.05) is 32.2 Å². The molecule has 2 aliphatic rings. The van der Waals surface area contributed by atoms with Crippen LogP contribution >= 0.6 is 24.8 Å². The number of nitrogens with zero attached hydrogens (tertiary/aromatic N) is 1. The van der Waals surface area contributed by atoms with Gasteiger partial charge in [-0.2, -0.15) is 0 Å². The molecule has 0 bridgehead atoms. The quantitative estimate of drug-likeness (QED) is 0.854. The van der Waals surface area contributed by atoms with Gasteiger partial charge in [-0.3, -0.25) is 4.90 Å². The molecule has 1 N–H and O–H groups in total. The van der Waals surface area contributed by atoms with Crippen LogP contribution in [0.25, 0.3) is 0 Å². The number of nitrogens with one attached hydrogen (secondary N) is 1. The van der Waals surface area contributed by atoms with E-state index in [-0.39, 0.29) is 42.4 Å². The van der Waals surface area contributed by atoms with E-state index in [1.807, 2.05) is 6.07 Å². The lowest BCUT2D eigenvalue weighted by Gasteiger charge is -2.38. The van der Waals surface area contributed by atoms with E-state index in [1.54, 1.807) is 12.1 Å². The Morgan fingerprint density at radius 3 is 2.42 bits per heavy atom. The smallest absolute Gasteiger partial charge is 0.395 e. The summed E-state index contributed by atoms with van der Waals surface area (Å²) < 4.78 is 35.5. The lowest BCUT2D eigenvalue weighted by atomic mass is 9.90. The van der Waals surface area contributed by atoms with Crippen molar-refractivity contribution in [3.63, 3.8) is 0 Å². The maximum absolute atomic E-state index is 13.2. The number of hydrogen-bond acceptors (Lipinski definition) is 4. The zero-order valence-corrected chi connectivity index (χ0v) is 15.4. The third kappa shape index (κ3) is 4.42. The molecule has 3 rings (SSSR count). The first-order valence-corrected chi connectivity index (χ1v) is 7.84. The van der Waals surface area contributed by atoms with Crippen molar-refractivity contribution in [1.82, 2.24) is 10.2 Å². The predicted octanol–water partition coefficient (Wildman–Crippen LogP) is 3.84. The summed E-state index contributed by atoms with van der Waals surface area (Å²) in [5.41, 5.74) is 1.01. The largest absolute Gasteiger partial charge is 0.586 e. The van der Waals surface area contributed by atoms with Gasteiger partial charge in [0.25, 0.3) is 0 Å². The van der Waals surface area contributed by atoms with Crippen LogP contribution in [0.1, 0.15) is 31.9 Å². The fourth-order valence-electron chi connectivity index (χ4n) is 3.23. The number of ether oxygens (including phenoxy) is 2. The minimum atomic E-state index is -3.55. The number of hydrogen-bond donors (Lipinski definition) is 1. The van der Waals surface area contributed by atoms with Crippen LogP contribution in [-0.2, 0) is 0 Å². The first-order chi connectivity index (χ1) is 10.5. The Hall–Kier alpha value is -0.820. The predicted molar refractivity (Wildman–Crippen MR) is 93.8 cm³/mol. The van der Waals surface area contributed by atoms with Crippen LogP contribution in [-0.4, -0.2) is 37.4 Å². The lowest BCUT2D eigenvalue weighted by Crippen LogP contribution is -2.46. The highest BCUT2D eigenvalue weighted by Crippen LogP contribution is 2.43. The average Bonchev–Trinajstić information content (AvgIpc) is 2.81. The molecule has 24 heavy (non-hydrogen) atoms. The van der Waals surface area contributed by atoms with E-state index in [2.05, 4.69) is 33.5 Å². The highest BCUT2D eigenvalue weighted by Gasteiger charge is 2.43. The Labute approximate surface area is 153 Å². The van der Waals surface area contributed by atoms with Crippen molar-refractivity contribution in [1.29, 1.82) is 0 Å². The molecule has 0 aromatic heterocycles. The molecule has 2 atom stereocenters. The van der Waals surface area contributed by atoms with Gasteiger partial charge in [-0.15, -0.1) is 33.6 Å². The maximum Gasteiger partial charge on any atom is 0.586 e. The summed E-state index contributed by atoms with van der Waals surface area (Å²) in [5.74, 6) is 0.668. The van der Waals surface area contributed by atoms with Gasteiger partial charge < -0.3 is 14.8 Å². The van der Waals surface area contributed by atoms with Crippen molar-refractivity contribution in [3.8, 4) is 11.5 Å². The molecule has 0 spiro atoms. The monoisotopic (exact) mass is 384 g/mol. The molecule has 2 heterocycles. The van der Waals surface area contributed by atoms with Gasteiger partial charge in [-0.1, -0.05) is 26.3 Å².